The van der Waals surface area contributed by atoms with E-state index in [4.69, 9.17) is 22.6 Å². The first-order valence-electron chi connectivity index (χ1n) is 11.1. The summed E-state index contributed by atoms with van der Waals surface area (Å²) in [6.07, 6.45) is 3.34. The minimum atomic E-state index is -0.185. The molecule has 1 aliphatic carbocycles. The van der Waals surface area contributed by atoms with E-state index in [1.165, 1.54) is 11.3 Å². The van der Waals surface area contributed by atoms with Crippen molar-refractivity contribution in [2.24, 2.45) is 5.73 Å². The van der Waals surface area contributed by atoms with Crippen LogP contribution in [0.15, 0.2) is 60.0 Å². The Morgan fingerprint density at radius 1 is 1.12 bits per heavy atom. The van der Waals surface area contributed by atoms with Crippen molar-refractivity contribution in [2.45, 2.75) is 44.3 Å². The Morgan fingerprint density at radius 2 is 1.85 bits per heavy atom. The summed E-state index contributed by atoms with van der Waals surface area (Å²) >= 11 is 7.89. The molecule has 0 aliphatic heterocycles. The molecule has 0 bridgehead atoms. The number of hydrogen-bond acceptors (Lipinski definition) is 5. The highest BCUT2D eigenvalue weighted by Crippen LogP contribution is 2.29. The van der Waals surface area contributed by atoms with E-state index in [0.717, 1.165) is 31.2 Å². The number of nitrogens with zero attached hydrogens (tertiary/aromatic N) is 2. The van der Waals surface area contributed by atoms with E-state index in [9.17, 15) is 9.59 Å². The monoisotopic (exact) mass is 492 g/mol. The molecule has 4 rings (SSSR count). The van der Waals surface area contributed by atoms with Crippen LogP contribution < -0.4 is 11.1 Å². The summed E-state index contributed by atoms with van der Waals surface area (Å²) in [4.78, 5) is 28.5. The van der Waals surface area contributed by atoms with Gasteiger partial charge in [-0.2, -0.15) is 5.26 Å². The molecule has 1 aromatic heterocycles. The van der Waals surface area contributed by atoms with Gasteiger partial charge < -0.3 is 16.0 Å². The SMILES string of the molecule is N#Cc1ccc(C(=O)N(Cc2cc(NC(=O)c3cccs3)ccc2Cl)C2CCC(N)CC2)cc1. The van der Waals surface area contributed by atoms with Crippen LogP contribution in [0.4, 0.5) is 5.69 Å². The molecule has 0 radical (unpaired) electrons. The number of thiophene rings is 1. The molecule has 0 atom stereocenters. The van der Waals surface area contributed by atoms with Gasteiger partial charge in [0.1, 0.15) is 0 Å². The quantitative estimate of drug-likeness (QED) is 0.478. The van der Waals surface area contributed by atoms with Crippen LogP contribution in [0, 0.1) is 11.3 Å². The third kappa shape index (κ3) is 5.65. The summed E-state index contributed by atoms with van der Waals surface area (Å²) in [6, 6.07) is 17.8. The fraction of sp³-hybridized carbons (Fsp3) is 0.269. The second-order valence-corrected chi connectivity index (χ2v) is 9.78. The van der Waals surface area contributed by atoms with Crippen LogP contribution in [0.25, 0.3) is 0 Å². The second kappa shape index (κ2) is 10.8. The van der Waals surface area contributed by atoms with Crippen LogP contribution in [0.5, 0.6) is 0 Å². The minimum absolute atomic E-state index is 0.0309. The molecule has 0 unspecified atom stereocenters. The normalized spacial score (nSPS) is 17.6. The first-order valence-corrected chi connectivity index (χ1v) is 12.4. The smallest absolute Gasteiger partial charge is 0.265 e. The van der Waals surface area contributed by atoms with Crippen LogP contribution in [-0.4, -0.2) is 28.8 Å². The molecular weight excluding hydrogens is 468 g/mol. The average molecular weight is 493 g/mol. The number of hydrogen-bond donors (Lipinski definition) is 2. The first kappa shape index (κ1) is 24.0. The Morgan fingerprint density at radius 3 is 2.50 bits per heavy atom. The van der Waals surface area contributed by atoms with E-state index >= 15 is 0 Å². The van der Waals surface area contributed by atoms with Gasteiger partial charge in [-0.05, 0) is 85.2 Å². The number of halogens is 1. The Balaban J connectivity index is 1.59. The van der Waals surface area contributed by atoms with Gasteiger partial charge in [-0.25, -0.2) is 0 Å². The molecule has 1 saturated carbocycles. The average Bonchev–Trinajstić information content (AvgIpc) is 3.40. The number of anilines is 1. The van der Waals surface area contributed by atoms with E-state index in [1.54, 1.807) is 42.5 Å². The summed E-state index contributed by atoms with van der Waals surface area (Å²) < 4.78 is 0. The standard InChI is InChI=1S/C26H25ClN4O2S/c27-23-12-9-21(30-25(32)24-2-1-13-34-24)14-19(23)16-31(22-10-7-20(29)8-11-22)26(33)18-5-3-17(15-28)4-6-18/h1-6,9,12-14,20,22H,7-8,10-11,16,29H2,(H,30,32). The summed E-state index contributed by atoms with van der Waals surface area (Å²) in [7, 11) is 0. The lowest BCUT2D eigenvalue weighted by Crippen LogP contribution is -2.44. The molecule has 3 N–H and O–H groups in total. The molecule has 6 nitrogen and oxygen atoms in total. The molecule has 2 amide bonds. The van der Waals surface area contributed by atoms with Crippen LogP contribution in [-0.2, 0) is 6.54 Å². The number of nitrogens with one attached hydrogen (secondary N) is 1. The molecule has 1 fully saturated rings. The molecule has 1 heterocycles. The summed E-state index contributed by atoms with van der Waals surface area (Å²) in [5, 5.41) is 14.4. The van der Waals surface area contributed by atoms with E-state index < -0.39 is 0 Å². The van der Waals surface area contributed by atoms with Gasteiger partial charge in [-0.1, -0.05) is 17.7 Å². The van der Waals surface area contributed by atoms with Crippen LogP contribution in [0.1, 0.15) is 56.8 Å². The van der Waals surface area contributed by atoms with Crippen LogP contribution in [0.3, 0.4) is 0 Å². The van der Waals surface area contributed by atoms with Crippen molar-refractivity contribution in [1.82, 2.24) is 4.90 Å². The zero-order chi connectivity index (χ0) is 24.1. The fourth-order valence-electron chi connectivity index (χ4n) is 4.19. The van der Waals surface area contributed by atoms with Gasteiger partial charge in [-0.15, -0.1) is 11.3 Å². The molecule has 3 aromatic rings. The van der Waals surface area contributed by atoms with Crippen LogP contribution in [0.2, 0.25) is 5.02 Å². The largest absolute Gasteiger partial charge is 0.331 e. The zero-order valence-electron chi connectivity index (χ0n) is 18.5. The number of nitriles is 1. The molecular formula is C26H25ClN4O2S. The molecule has 0 saturated heterocycles. The molecule has 1 aliphatic rings. The lowest BCUT2D eigenvalue weighted by atomic mass is 9.90. The van der Waals surface area contributed by atoms with Crippen molar-refractivity contribution in [1.29, 1.82) is 5.26 Å². The third-order valence-corrected chi connectivity index (χ3v) is 7.33. The number of carbonyl (C=O) groups is 2. The van der Waals surface area contributed by atoms with Crippen molar-refractivity contribution >= 4 is 40.4 Å². The fourth-order valence-corrected chi connectivity index (χ4v) is 4.99. The maximum atomic E-state index is 13.6. The highest BCUT2D eigenvalue weighted by atomic mass is 35.5. The number of nitrogens with two attached hydrogens (primary N) is 1. The number of amides is 2. The Labute approximate surface area is 207 Å². The number of rotatable bonds is 6. The highest BCUT2D eigenvalue weighted by Gasteiger charge is 2.29. The first-order chi connectivity index (χ1) is 16.4. The van der Waals surface area contributed by atoms with Crippen molar-refractivity contribution in [3.8, 4) is 6.07 Å². The van der Waals surface area contributed by atoms with Crippen molar-refractivity contribution in [3.63, 3.8) is 0 Å². The van der Waals surface area contributed by atoms with Gasteiger partial charge in [0.05, 0.1) is 16.5 Å². The summed E-state index contributed by atoms with van der Waals surface area (Å²) in [5.74, 6) is -0.302. The van der Waals surface area contributed by atoms with E-state index in [-0.39, 0.29) is 23.9 Å². The van der Waals surface area contributed by atoms with Gasteiger partial charge >= 0.3 is 0 Å². The lowest BCUT2D eigenvalue weighted by Gasteiger charge is -2.36. The van der Waals surface area contributed by atoms with Crippen molar-refractivity contribution in [3.05, 3.63) is 86.6 Å². The van der Waals surface area contributed by atoms with Crippen LogP contribution >= 0.6 is 22.9 Å². The predicted molar refractivity (Wildman–Crippen MR) is 135 cm³/mol. The van der Waals surface area contributed by atoms with Crippen molar-refractivity contribution < 1.29 is 9.59 Å². The molecule has 8 heteroatoms. The summed E-state index contributed by atoms with van der Waals surface area (Å²) in [5.41, 5.74) is 8.50. The zero-order valence-corrected chi connectivity index (χ0v) is 20.1. The highest BCUT2D eigenvalue weighted by molar-refractivity contribution is 7.12. The van der Waals surface area contributed by atoms with E-state index in [2.05, 4.69) is 11.4 Å². The molecule has 0 spiro atoms. The minimum Gasteiger partial charge on any atom is -0.331 e. The van der Waals surface area contributed by atoms with E-state index in [1.807, 2.05) is 22.4 Å². The molecule has 2 aromatic carbocycles. The number of carbonyl (C=O) groups excluding carboxylic acids is 2. The topological polar surface area (TPSA) is 99.2 Å². The number of benzene rings is 2. The predicted octanol–water partition coefficient (Wildman–Crippen LogP) is 5.44. The van der Waals surface area contributed by atoms with Gasteiger partial charge in [0.15, 0.2) is 0 Å². The maximum Gasteiger partial charge on any atom is 0.265 e. The van der Waals surface area contributed by atoms with Gasteiger partial charge in [0.2, 0.25) is 0 Å². The van der Waals surface area contributed by atoms with E-state index in [0.29, 0.717) is 33.3 Å². The van der Waals surface area contributed by atoms with Gasteiger partial charge in [-0.3, -0.25) is 9.59 Å². The molecule has 34 heavy (non-hydrogen) atoms. The Hall–Kier alpha value is -3.18. The van der Waals surface area contributed by atoms with Crippen molar-refractivity contribution in [2.75, 3.05) is 5.32 Å². The molecule has 174 valence electrons. The Kier molecular flexibility index (Phi) is 7.63. The second-order valence-electron chi connectivity index (χ2n) is 8.43. The third-order valence-electron chi connectivity index (χ3n) is 6.09. The maximum absolute atomic E-state index is 13.6. The Bertz CT molecular complexity index is 1200. The van der Waals surface area contributed by atoms with Gasteiger partial charge in [0, 0.05) is 34.9 Å². The summed E-state index contributed by atoms with van der Waals surface area (Å²) in [6.45, 7) is 0.306. The lowest BCUT2D eigenvalue weighted by molar-refractivity contribution is 0.0606. The van der Waals surface area contributed by atoms with Gasteiger partial charge in [0.25, 0.3) is 11.8 Å².